The molecule has 4 nitrogen and oxygen atoms in total. The van der Waals surface area contributed by atoms with Crippen LogP contribution in [0.3, 0.4) is 0 Å². The molecule has 0 bridgehead atoms. The average molecular weight is 313 g/mol. The van der Waals surface area contributed by atoms with Gasteiger partial charge in [-0.2, -0.15) is 0 Å². The second kappa shape index (κ2) is 6.56. The highest BCUT2D eigenvalue weighted by atomic mass is 35.5. The van der Waals surface area contributed by atoms with E-state index in [4.69, 9.17) is 26.2 Å². The van der Waals surface area contributed by atoms with Gasteiger partial charge in [-0.3, -0.25) is 0 Å². The molecule has 1 saturated carbocycles. The minimum atomic E-state index is -1.04. The number of benzene rings is 1. The van der Waals surface area contributed by atoms with Crippen LogP contribution in [0.1, 0.15) is 43.5 Å². The van der Waals surface area contributed by atoms with Crippen molar-refractivity contribution in [2.45, 2.75) is 39.2 Å². The van der Waals surface area contributed by atoms with Crippen LogP contribution >= 0.6 is 11.6 Å². The number of carboxylic acids is 1. The van der Waals surface area contributed by atoms with Crippen LogP contribution in [-0.2, 0) is 0 Å². The summed E-state index contributed by atoms with van der Waals surface area (Å²) < 4.78 is 11.3. The Hall–Kier alpha value is -1.42. The molecule has 21 heavy (non-hydrogen) atoms. The summed E-state index contributed by atoms with van der Waals surface area (Å²) in [7, 11) is 1.48. The lowest BCUT2D eigenvalue weighted by Crippen LogP contribution is -2.28. The van der Waals surface area contributed by atoms with E-state index in [2.05, 4.69) is 13.8 Å². The minimum Gasteiger partial charge on any atom is -0.493 e. The number of methoxy groups -OCH3 is 1. The Balaban J connectivity index is 2.25. The first-order valence-electron chi connectivity index (χ1n) is 7.18. The van der Waals surface area contributed by atoms with Gasteiger partial charge in [0, 0.05) is 0 Å². The molecule has 2 atom stereocenters. The molecular weight excluding hydrogens is 292 g/mol. The van der Waals surface area contributed by atoms with E-state index in [1.807, 2.05) is 0 Å². The molecule has 0 amide bonds. The second-order valence-corrected chi connectivity index (χ2v) is 6.36. The summed E-state index contributed by atoms with van der Waals surface area (Å²) in [6.45, 7) is 4.44. The maximum atomic E-state index is 11.1. The first-order valence-corrected chi connectivity index (χ1v) is 7.56. The van der Waals surface area contributed by atoms with E-state index < -0.39 is 5.97 Å². The Bertz CT molecular complexity index is 519. The molecule has 0 radical (unpaired) electrons. The average Bonchev–Trinajstić information content (AvgIpc) is 2.39. The van der Waals surface area contributed by atoms with Gasteiger partial charge < -0.3 is 14.6 Å². The zero-order valence-corrected chi connectivity index (χ0v) is 13.3. The summed E-state index contributed by atoms with van der Waals surface area (Å²) in [4.78, 5) is 11.1. The summed E-state index contributed by atoms with van der Waals surface area (Å²) in [6.07, 6.45) is 3.25. The van der Waals surface area contributed by atoms with Crippen molar-refractivity contribution in [2.75, 3.05) is 7.11 Å². The summed E-state index contributed by atoms with van der Waals surface area (Å²) in [6, 6.07) is 2.84. The van der Waals surface area contributed by atoms with E-state index in [1.54, 1.807) is 0 Å². The third-order valence-electron chi connectivity index (χ3n) is 3.90. The van der Waals surface area contributed by atoms with Crippen molar-refractivity contribution in [3.63, 3.8) is 0 Å². The lowest BCUT2D eigenvalue weighted by molar-refractivity contribution is 0.0696. The topological polar surface area (TPSA) is 55.8 Å². The van der Waals surface area contributed by atoms with Gasteiger partial charge in [0.15, 0.2) is 11.5 Å². The Labute approximate surface area is 130 Å². The molecule has 0 saturated heterocycles. The lowest BCUT2D eigenvalue weighted by atomic mass is 9.82. The van der Waals surface area contributed by atoms with E-state index >= 15 is 0 Å². The van der Waals surface area contributed by atoms with Gasteiger partial charge in [0.25, 0.3) is 0 Å². The Morgan fingerprint density at radius 2 is 1.86 bits per heavy atom. The van der Waals surface area contributed by atoms with Crippen LogP contribution in [0.2, 0.25) is 5.02 Å². The quantitative estimate of drug-likeness (QED) is 0.903. The minimum absolute atomic E-state index is 0.0887. The molecule has 2 unspecified atom stereocenters. The van der Waals surface area contributed by atoms with Crippen molar-refractivity contribution >= 4 is 17.6 Å². The zero-order chi connectivity index (χ0) is 15.6. The van der Waals surface area contributed by atoms with Crippen molar-refractivity contribution in [3.05, 3.63) is 22.7 Å². The fourth-order valence-electron chi connectivity index (χ4n) is 3.09. The largest absolute Gasteiger partial charge is 0.493 e. The standard InChI is InChI=1S/C16H21ClO4/c1-9-4-10(2)6-12(5-9)21-15-13(17)7-11(16(18)19)8-14(15)20-3/h7-10,12H,4-6H2,1-3H3,(H,18,19). The van der Waals surface area contributed by atoms with Gasteiger partial charge in [0.2, 0.25) is 0 Å². The van der Waals surface area contributed by atoms with Crippen LogP contribution in [-0.4, -0.2) is 24.3 Å². The molecule has 0 heterocycles. The molecule has 1 aliphatic rings. The first-order chi connectivity index (χ1) is 9.90. The Morgan fingerprint density at radius 3 is 2.38 bits per heavy atom. The molecule has 1 aromatic carbocycles. The molecule has 1 N–H and O–H groups in total. The molecule has 1 fully saturated rings. The van der Waals surface area contributed by atoms with Gasteiger partial charge in [-0.1, -0.05) is 25.4 Å². The van der Waals surface area contributed by atoms with E-state index in [9.17, 15) is 4.79 Å². The zero-order valence-electron chi connectivity index (χ0n) is 12.6. The summed E-state index contributed by atoms with van der Waals surface area (Å²) in [5, 5.41) is 9.33. The second-order valence-electron chi connectivity index (χ2n) is 5.95. The molecule has 116 valence electrons. The smallest absolute Gasteiger partial charge is 0.335 e. The Kier molecular flexibility index (Phi) is 4.99. The highest BCUT2D eigenvalue weighted by molar-refractivity contribution is 6.32. The van der Waals surface area contributed by atoms with Crippen LogP contribution in [0.4, 0.5) is 0 Å². The van der Waals surface area contributed by atoms with Crippen molar-refractivity contribution in [3.8, 4) is 11.5 Å². The van der Waals surface area contributed by atoms with Crippen LogP contribution < -0.4 is 9.47 Å². The molecule has 5 heteroatoms. The van der Waals surface area contributed by atoms with E-state index in [-0.39, 0.29) is 16.7 Å². The monoisotopic (exact) mass is 312 g/mol. The predicted molar refractivity (Wildman–Crippen MR) is 81.6 cm³/mol. The number of halogens is 1. The fraction of sp³-hybridized carbons (Fsp3) is 0.562. The predicted octanol–water partition coefficient (Wildman–Crippen LogP) is 4.25. The molecule has 0 aliphatic heterocycles. The number of rotatable bonds is 4. The first kappa shape index (κ1) is 16.0. The van der Waals surface area contributed by atoms with Crippen LogP contribution in [0.5, 0.6) is 11.5 Å². The van der Waals surface area contributed by atoms with Crippen LogP contribution in [0.15, 0.2) is 12.1 Å². The van der Waals surface area contributed by atoms with E-state index in [1.165, 1.54) is 25.7 Å². The molecular formula is C16H21ClO4. The number of ether oxygens (including phenoxy) is 2. The maximum Gasteiger partial charge on any atom is 0.335 e. The van der Waals surface area contributed by atoms with Gasteiger partial charge in [0.1, 0.15) is 0 Å². The van der Waals surface area contributed by atoms with Gasteiger partial charge in [-0.15, -0.1) is 0 Å². The van der Waals surface area contributed by atoms with Gasteiger partial charge in [-0.25, -0.2) is 4.79 Å². The van der Waals surface area contributed by atoms with Crippen LogP contribution in [0, 0.1) is 11.8 Å². The number of hydrogen-bond donors (Lipinski definition) is 1. The van der Waals surface area contributed by atoms with Gasteiger partial charge in [-0.05, 0) is 43.2 Å². The molecule has 0 spiro atoms. The van der Waals surface area contributed by atoms with E-state index in [0.717, 1.165) is 12.8 Å². The molecule has 0 aromatic heterocycles. The normalized spacial score (nSPS) is 25.4. The third-order valence-corrected chi connectivity index (χ3v) is 4.18. The van der Waals surface area contributed by atoms with E-state index in [0.29, 0.717) is 23.3 Å². The molecule has 1 aliphatic carbocycles. The maximum absolute atomic E-state index is 11.1. The number of aromatic carboxylic acids is 1. The van der Waals surface area contributed by atoms with Crippen molar-refractivity contribution in [1.29, 1.82) is 0 Å². The third kappa shape index (κ3) is 3.82. The van der Waals surface area contributed by atoms with Crippen molar-refractivity contribution < 1.29 is 19.4 Å². The summed E-state index contributed by atoms with van der Waals surface area (Å²) in [5.41, 5.74) is 0.0922. The SMILES string of the molecule is COc1cc(C(=O)O)cc(Cl)c1OC1CC(C)CC(C)C1. The number of carboxylic acid groups (broad SMARTS) is 1. The van der Waals surface area contributed by atoms with Gasteiger partial charge in [0.05, 0.1) is 23.8 Å². The Morgan fingerprint density at radius 1 is 1.24 bits per heavy atom. The van der Waals surface area contributed by atoms with Crippen LogP contribution in [0.25, 0.3) is 0 Å². The highest BCUT2D eigenvalue weighted by Gasteiger charge is 2.27. The highest BCUT2D eigenvalue weighted by Crippen LogP contribution is 2.40. The number of carbonyl (C=O) groups is 1. The van der Waals surface area contributed by atoms with Crippen molar-refractivity contribution in [2.24, 2.45) is 11.8 Å². The summed E-state index contributed by atoms with van der Waals surface area (Å²) >= 11 is 6.18. The lowest BCUT2D eigenvalue weighted by Gasteiger charge is -2.32. The van der Waals surface area contributed by atoms with Crippen molar-refractivity contribution in [1.82, 2.24) is 0 Å². The molecule has 2 rings (SSSR count). The number of hydrogen-bond acceptors (Lipinski definition) is 3. The fourth-order valence-corrected chi connectivity index (χ4v) is 3.35. The van der Waals surface area contributed by atoms with Gasteiger partial charge >= 0.3 is 5.97 Å². The molecule has 1 aromatic rings. The summed E-state index contributed by atoms with van der Waals surface area (Å²) in [5.74, 6) is 0.992.